The normalized spacial score (nSPS) is 26.9. The molecule has 1 rings (SSSR count). The molecule has 84 valence electrons. The second kappa shape index (κ2) is 5.10. The molecule has 3 nitrogen and oxygen atoms in total. The van der Waals surface area contributed by atoms with Crippen molar-refractivity contribution in [3.8, 4) is 0 Å². The third-order valence-electron chi connectivity index (χ3n) is 2.89. The minimum atomic E-state index is -0.0488. The number of likely N-dealkylation sites (tertiary alicyclic amines) is 1. The van der Waals surface area contributed by atoms with Gasteiger partial charge in [-0.15, -0.1) is 6.58 Å². The van der Waals surface area contributed by atoms with E-state index in [0.717, 1.165) is 12.8 Å². The average molecular weight is 209 g/mol. The summed E-state index contributed by atoms with van der Waals surface area (Å²) < 4.78 is 0. The third-order valence-corrected chi connectivity index (χ3v) is 2.89. The first-order valence-corrected chi connectivity index (χ1v) is 5.57. The van der Waals surface area contributed by atoms with Gasteiger partial charge in [-0.3, -0.25) is 14.5 Å². The van der Waals surface area contributed by atoms with Crippen LogP contribution in [0.5, 0.6) is 0 Å². The highest BCUT2D eigenvalue weighted by atomic mass is 16.2. The highest BCUT2D eigenvalue weighted by Gasteiger charge is 2.37. The fraction of sp³-hybridized carbons (Fsp3) is 0.667. The number of hydrogen-bond donors (Lipinski definition) is 0. The maximum atomic E-state index is 11.9. The molecule has 1 aliphatic rings. The molecule has 0 spiro atoms. The van der Waals surface area contributed by atoms with Crippen molar-refractivity contribution in [3.05, 3.63) is 12.7 Å². The summed E-state index contributed by atoms with van der Waals surface area (Å²) in [6.45, 7) is 7.88. The predicted molar refractivity (Wildman–Crippen MR) is 59.1 cm³/mol. The Balaban J connectivity index is 2.78. The molecule has 0 saturated carbocycles. The van der Waals surface area contributed by atoms with E-state index in [1.165, 1.54) is 4.90 Å². The Morgan fingerprint density at radius 2 is 2.13 bits per heavy atom. The van der Waals surface area contributed by atoms with Crippen LogP contribution in [0.3, 0.4) is 0 Å². The summed E-state index contributed by atoms with van der Waals surface area (Å²) in [6, 6.07) is 0. The van der Waals surface area contributed by atoms with Crippen molar-refractivity contribution < 1.29 is 9.59 Å². The van der Waals surface area contributed by atoms with Gasteiger partial charge in [0, 0.05) is 18.4 Å². The van der Waals surface area contributed by atoms with E-state index in [1.54, 1.807) is 6.08 Å². The number of carbonyl (C=O) groups excluding carboxylic acids is 2. The molecular formula is C12H19NO2. The van der Waals surface area contributed by atoms with E-state index in [4.69, 9.17) is 0 Å². The fourth-order valence-electron chi connectivity index (χ4n) is 2.12. The van der Waals surface area contributed by atoms with E-state index in [9.17, 15) is 9.59 Å². The SMILES string of the molecule is C=CCN1C(=O)C(C)CC(CCC)C1=O. The number of rotatable bonds is 4. The molecule has 0 bridgehead atoms. The number of imide groups is 1. The zero-order valence-corrected chi connectivity index (χ0v) is 9.53. The number of hydrogen-bond acceptors (Lipinski definition) is 2. The molecule has 2 unspecified atom stereocenters. The largest absolute Gasteiger partial charge is 0.278 e. The van der Waals surface area contributed by atoms with Gasteiger partial charge in [-0.2, -0.15) is 0 Å². The van der Waals surface area contributed by atoms with Gasteiger partial charge in [0.2, 0.25) is 11.8 Å². The van der Waals surface area contributed by atoms with Crippen molar-refractivity contribution in [2.75, 3.05) is 6.54 Å². The molecule has 1 aliphatic heterocycles. The Morgan fingerprint density at radius 3 is 2.67 bits per heavy atom. The van der Waals surface area contributed by atoms with Crippen molar-refractivity contribution in [2.24, 2.45) is 11.8 Å². The molecule has 0 N–H and O–H groups in total. The van der Waals surface area contributed by atoms with Crippen LogP contribution in [0.4, 0.5) is 0 Å². The van der Waals surface area contributed by atoms with Gasteiger partial charge < -0.3 is 0 Å². The first-order valence-electron chi connectivity index (χ1n) is 5.57. The Kier molecular flexibility index (Phi) is 4.06. The summed E-state index contributed by atoms with van der Waals surface area (Å²) >= 11 is 0. The number of nitrogens with zero attached hydrogens (tertiary/aromatic N) is 1. The molecule has 1 heterocycles. The van der Waals surface area contributed by atoms with Crippen LogP contribution in [-0.2, 0) is 9.59 Å². The van der Waals surface area contributed by atoms with Gasteiger partial charge in [-0.1, -0.05) is 26.3 Å². The number of carbonyl (C=O) groups is 2. The van der Waals surface area contributed by atoms with Gasteiger partial charge in [0.15, 0.2) is 0 Å². The van der Waals surface area contributed by atoms with Gasteiger partial charge in [0.1, 0.15) is 0 Å². The summed E-state index contributed by atoms with van der Waals surface area (Å²) in [5.74, 6) is -0.0612. The molecule has 0 aromatic carbocycles. The summed E-state index contributed by atoms with van der Waals surface area (Å²) in [4.78, 5) is 25.0. The van der Waals surface area contributed by atoms with E-state index in [0.29, 0.717) is 13.0 Å². The molecular weight excluding hydrogens is 190 g/mol. The first-order chi connectivity index (χ1) is 7.11. The van der Waals surface area contributed by atoms with Crippen LogP contribution in [0.25, 0.3) is 0 Å². The molecule has 1 fully saturated rings. The Labute approximate surface area is 91.1 Å². The smallest absolute Gasteiger partial charge is 0.232 e. The van der Waals surface area contributed by atoms with Crippen LogP contribution >= 0.6 is 0 Å². The molecule has 0 aromatic rings. The maximum Gasteiger partial charge on any atom is 0.232 e. The van der Waals surface area contributed by atoms with Crippen LogP contribution in [0.2, 0.25) is 0 Å². The maximum absolute atomic E-state index is 11.9. The lowest BCUT2D eigenvalue weighted by Crippen LogP contribution is -2.48. The standard InChI is InChI=1S/C12H19NO2/c1-4-6-10-8-9(3)11(14)13(7-5-2)12(10)15/h5,9-10H,2,4,6-8H2,1,3H3. The highest BCUT2D eigenvalue weighted by molar-refractivity contribution is 5.99. The van der Waals surface area contributed by atoms with Crippen LogP contribution < -0.4 is 0 Å². The van der Waals surface area contributed by atoms with Gasteiger partial charge >= 0.3 is 0 Å². The molecule has 0 radical (unpaired) electrons. The zero-order chi connectivity index (χ0) is 11.4. The molecule has 0 aromatic heterocycles. The number of amides is 2. The summed E-state index contributed by atoms with van der Waals surface area (Å²) in [5, 5.41) is 0. The van der Waals surface area contributed by atoms with Crippen molar-refractivity contribution in [3.63, 3.8) is 0 Å². The van der Waals surface area contributed by atoms with Gasteiger partial charge in [0.25, 0.3) is 0 Å². The van der Waals surface area contributed by atoms with Gasteiger partial charge in [0.05, 0.1) is 0 Å². The second-order valence-electron chi connectivity index (χ2n) is 4.20. The third kappa shape index (κ3) is 2.46. The van der Waals surface area contributed by atoms with Crippen LogP contribution in [0.15, 0.2) is 12.7 Å². The Bertz CT molecular complexity index is 273. The van der Waals surface area contributed by atoms with Crippen molar-refractivity contribution in [1.29, 1.82) is 0 Å². The van der Waals surface area contributed by atoms with E-state index in [2.05, 4.69) is 13.5 Å². The summed E-state index contributed by atoms with van der Waals surface area (Å²) in [5.41, 5.74) is 0. The minimum absolute atomic E-state index is 0.0140. The topological polar surface area (TPSA) is 37.4 Å². The Morgan fingerprint density at radius 1 is 1.47 bits per heavy atom. The summed E-state index contributed by atoms with van der Waals surface area (Å²) in [6.07, 6.45) is 4.18. The monoisotopic (exact) mass is 209 g/mol. The molecule has 15 heavy (non-hydrogen) atoms. The van der Waals surface area contributed by atoms with Crippen molar-refractivity contribution in [2.45, 2.75) is 33.1 Å². The van der Waals surface area contributed by atoms with Crippen molar-refractivity contribution in [1.82, 2.24) is 4.90 Å². The lowest BCUT2D eigenvalue weighted by Gasteiger charge is -2.33. The van der Waals surface area contributed by atoms with Gasteiger partial charge in [-0.05, 0) is 12.8 Å². The summed E-state index contributed by atoms with van der Waals surface area (Å²) in [7, 11) is 0. The van der Waals surface area contributed by atoms with E-state index in [1.807, 2.05) is 6.92 Å². The van der Waals surface area contributed by atoms with Crippen molar-refractivity contribution >= 4 is 11.8 Å². The molecule has 3 heteroatoms. The molecule has 2 atom stereocenters. The fourth-order valence-corrected chi connectivity index (χ4v) is 2.12. The van der Waals surface area contributed by atoms with Crippen LogP contribution in [0.1, 0.15) is 33.1 Å². The lowest BCUT2D eigenvalue weighted by atomic mass is 9.86. The number of piperidine rings is 1. The molecule has 1 saturated heterocycles. The second-order valence-corrected chi connectivity index (χ2v) is 4.20. The lowest BCUT2D eigenvalue weighted by molar-refractivity contribution is -0.154. The van der Waals surface area contributed by atoms with E-state index in [-0.39, 0.29) is 23.7 Å². The van der Waals surface area contributed by atoms with E-state index >= 15 is 0 Å². The quantitative estimate of drug-likeness (QED) is 0.524. The highest BCUT2D eigenvalue weighted by Crippen LogP contribution is 2.27. The van der Waals surface area contributed by atoms with Crippen LogP contribution in [-0.4, -0.2) is 23.3 Å². The average Bonchev–Trinajstić information content (AvgIpc) is 2.21. The molecule has 2 amide bonds. The first kappa shape index (κ1) is 12.0. The zero-order valence-electron chi connectivity index (χ0n) is 9.53. The van der Waals surface area contributed by atoms with Gasteiger partial charge in [-0.25, -0.2) is 0 Å². The minimum Gasteiger partial charge on any atom is -0.278 e. The molecule has 0 aliphatic carbocycles. The van der Waals surface area contributed by atoms with E-state index < -0.39 is 0 Å². The Hall–Kier alpha value is -1.12. The van der Waals surface area contributed by atoms with Crippen LogP contribution in [0, 0.1) is 11.8 Å². The predicted octanol–water partition coefficient (Wildman–Crippen LogP) is 1.98.